The van der Waals surface area contributed by atoms with Crippen molar-refractivity contribution in [2.45, 2.75) is 71.0 Å². The second kappa shape index (κ2) is 2.91. The lowest BCUT2D eigenvalue weighted by atomic mass is 9.35. The topological polar surface area (TPSA) is 40.5 Å². The van der Waals surface area contributed by atoms with E-state index in [1.807, 2.05) is 0 Å². The second-order valence-corrected chi connectivity index (χ2v) is 8.10. The fourth-order valence-electron chi connectivity index (χ4n) is 6.53. The lowest BCUT2D eigenvalue weighted by Gasteiger charge is -2.72. The van der Waals surface area contributed by atoms with Crippen molar-refractivity contribution in [3.05, 3.63) is 0 Å². The first kappa shape index (κ1) is 12.0. The molecule has 0 radical (unpaired) electrons. The summed E-state index contributed by atoms with van der Waals surface area (Å²) in [4.78, 5) is 0. The van der Waals surface area contributed by atoms with Crippen molar-refractivity contribution < 1.29 is 10.2 Å². The van der Waals surface area contributed by atoms with Gasteiger partial charge in [-0.25, -0.2) is 0 Å². The van der Waals surface area contributed by atoms with Crippen LogP contribution in [-0.2, 0) is 0 Å². The molecule has 4 aliphatic rings. The van der Waals surface area contributed by atoms with Gasteiger partial charge in [0.05, 0.1) is 11.2 Å². The molecule has 0 aromatic rings. The Kier molecular flexibility index (Phi) is 2.05. The molecule has 0 aromatic carbocycles. The van der Waals surface area contributed by atoms with E-state index < -0.39 is 11.2 Å². The molecule has 2 heteroatoms. The molecule has 2 unspecified atom stereocenters. The van der Waals surface area contributed by atoms with Crippen LogP contribution in [0.2, 0.25) is 0 Å². The predicted octanol–water partition coefficient (Wildman–Crippen LogP) is 2.72. The summed E-state index contributed by atoms with van der Waals surface area (Å²) in [6, 6.07) is 0. The van der Waals surface area contributed by atoms with Gasteiger partial charge in [-0.3, -0.25) is 0 Å². The summed E-state index contributed by atoms with van der Waals surface area (Å²) in [6.45, 7) is 8.70. The van der Waals surface area contributed by atoms with E-state index >= 15 is 0 Å². The maximum Gasteiger partial charge on any atom is 0.0779 e. The van der Waals surface area contributed by atoms with E-state index in [0.29, 0.717) is 5.92 Å². The Morgan fingerprint density at radius 3 is 1.76 bits per heavy atom. The van der Waals surface area contributed by atoms with Crippen molar-refractivity contribution in [2.75, 3.05) is 0 Å². The summed E-state index contributed by atoms with van der Waals surface area (Å²) in [6.07, 6.45) is 4.74. The Labute approximate surface area is 104 Å². The van der Waals surface area contributed by atoms with Gasteiger partial charge in [-0.1, -0.05) is 27.7 Å². The molecule has 0 spiro atoms. The average molecular weight is 238 g/mol. The highest BCUT2D eigenvalue weighted by Gasteiger charge is 2.72. The molecule has 4 bridgehead atoms. The Balaban J connectivity index is 2.14. The zero-order valence-electron chi connectivity index (χ0n) is 11.6. The van der Waals surface area contributed by atoms with Crippen LogP contribution < -0.4 is 0 Å². The van der Waals surface area contributed by atoms with Crippen molar-refractivity contribution in [2.24, 2.45) is 22.7 Å². The fraction of sp³-hybridized carbons (Fsp3) is 1.00. The maximum absolute atomic E-state index is 11.4. The van der Waals surface area contributed by atoms with Gasteiger partial charge < -0.3 is 10.2 Å². The highest BCUT2D eigenvalue weighted by Crippen LogP contribution is 2.72. The highest BCUT2D eigenvalue weighted by molar-refractivity contribution is 5.22. The van der Waals surface area contributed by atoms with Crippen LogP contribution in [0.25, 0.3) is 0 Å². The summed E-state index contributed by atoms with van der Waals surface area (Å²) in [5.74, 6) is 0.887. The van der Waals surface area contributed by atoms with Crippen LogP contribution in [-0.4, -0.2) is 21.4 Å². The molecule has 4 fully saturated rings. The SMILES string of the molecule is CC(C)C1(O)C2(C)CC3CC(O)(C2)CC1(C)C3. The molecule has 0 aromatic heterocycles. The van der Waals surface area contributed by atoms with Crippen LogP contribution >= 0.6 is 0 Å². The lowest BCUT2D eigenvalue weighted by Crippen LogP contribution is -2.74. The third-order valence-electron chi connectivity index (χ3n) is 6.26. The Hall–Kier alpha value is -0.0800. The van der Waals surface area contributed by atoms with E-state index in [-0.39, 0.29) is 16.7 Å². The third-order valence-corrected chi connectivity index (χ3v) is 6.26. The molecule has 4 saturated carbocycles. The summed E-state index contributed by atoms with van der Waals surface area (Å²) >= 11 is 0. The molecular weight excluding hydrogens is 212 g/mol. The smallest absolute Gasteiger partial charge is 0.0779 e. The van der Waals surface area contributed by atoms with Gasteiger partial charge in [0.1, 0.15) is 0 Å². The minimum absolute atomic E-state index is 0.0932. The number of hydrogen-bond acceptors (Lipinski definition) is 2. The zero-order chi connectivity index (χ0) is 12.7. The minimum Gasteiger partial charge on any atom is -0.390 e. The molecule has 17 heavy (non-hydrogen) atoms. The zero-order valence-corrected chi connectivity index (χ0v) is 11.6. The quantitative estimate of drug-likeness (QED) is 0.737. The van der Waals surface area contributed by atoms with E-state index in [1.165, 1.54) is 0 Å². The summed E-state index contributed by atoms with van der Waals surface area (Å²) in [5, 5.41) is 22.1. The molecule has 2 nitrogen and oxygen atoms in total. The van der Waals surface area contributed by atoms with Crippen LogP contribution in [0.3, 0.4) is 0 Å². The van der Waals surface area contributed by atoms with E-state index in [4.69, 9.17) is 0 Å². The van der Waals surface area contributed by atoms with Crippen LogP contribution in [0, 0.1) is 22.7 Å². The van der Waals surface area contributed by atoms with Crippen molar-refractivity contribution >= 4 is 0 Å². The molecule has 4 rings (SSSR count). The Morgan fingerprint density at radius 2 is 1.41 bits per heavy atom. The van der Waals surface area contributed by atoms with Crippen molar-refractivity contribution in [3.63, 3.8) is 0 Å². The number of rotatable bonds is 1. The van der Waals surface area contributed by atoms with Crippen LogP contribution in [0.4, 0.5) is 0 Å². The van der Waals surface area contributed by atoms with Gasteiger partial charge in [0, 0.05) is 10.8 Å². The van der Waals surface area contributed by atoms with Crippen LogP contribution in [0.1, 0.15) is 59.8 Å². The molecule has 0 saturated heterocycles. The minimum atomic E-state index is -0.608. The molecule has 98 valence electrons. The average Bonchev–Trinajstić information content (AvgIpc) is 2.09. The van der Waals surface area contributed by atoms with Gasteiger partial charge in [-0.2, -0.15) is 0 Å². The van der Waals surface area contributed by atoms with E-state index in [0.717, 1.165) is 32.1 Å². The second-order valence-electron chi connectivity index (χ2n) is 8.10. The number of hydrogen-bond donors (Lipinski definition) is 2. The van der Waals surface area contributed by atoms with Crippen molar-refractivity contribution in [1.82, 2.24) is 0 Å². The maximum atomic E-state index is 11.4. The first-order valence-corrected chi connectivity index (χ1v) is 7.09. The largest absolute Gasteiger partial charge is 0.390 e. The molecule has 0 amide bonds. The van der Waals surface area contributed by atoms with Crippen molar-refractivity contribution in [3.8, 4) is 0 Å². The first-order valence-electron chi connectivity index (χ1n) is 7.09. The monoisotopic (exact) mass is 238 g/mol. The summed E-state index contributed by atoms with van der Waals surface area (Å²) in [7, 11) is 0. The van der Waals surface area contributed by atoms with Gasteiger partial charge >= 0.3 is 0 Å². The first-order chi connectivity index (χ1) is 7.64. The number of aliphatic hydroxyl groups is 2. The van der Waals surface area contributed by atoms with Gasteiger partial charge in [-0.15, -0.1) is 0 Å². The normalized spacial score (nSPS) is 61.2. The van der Waals surface area contributed by atoms with Gasteiger partial charge in [0.25, 0.3) is 0 Å². The molecule has 2 atom stereocenters. The van der Waals surface area contributed by atoms with Crippen LogP contribution in [0.15, 0.2) is 0 Å². The van der Waals surface area contributed by atoms with E-state index in [1.54, 1.807) is 0 Å². The highest BCUT2D eigenvalue weighted by atomic mass is 16.3. The molecule has 4 aliphatic carbocycles. The Bertz CT molecular complexity index is 340. The Morgan fingerprint density at radius 1 is 0.941 bits per heavy atom. The standard InChI is InChI=1S/C15H26O2/c1-10(2)15(17)12(3)5-11-6-13(15,4)9-14(16,7-11)8-12/h10-11,16-17H,5-9H2,1-4H3. The van der Waals surface area contributed by atoms with Gasteiger partial charge in [-0.05, 0) is 43.9 Å². The van der Waals surface area contributed by atoms with Gasteiger partial charge in [0.15, 0.2) is 0 Å². The van der Waals surface area contributed by atoms with Crippen molar-refractivity contribution in [1.29, 1.82) is 0 Å². The van der Waals surface area contributed by atoms with E-state index in [2.05, 4.69) is 27.7 Å². The summed E-state index contributed by atoms with van der Waals surface area (Å²) < 4.78 is 0. The molecule has 0 aliphatic heterocycles. The third kappa shape index (κ3) is 1.19. The van der Waals surface area contributed by atoms with Gasteiger partial charge in [0.2, 0.25) is 0 Å². The predicted molar refractivity (Wildman–Crippen MR) is 67.5 cm³/mol. The summed E-state index contributed by atoms with van der Waals surface area (Å²) in [5.41, 5.74) is -1.29. The fourth-order valence-corrected chi connectivity index (χ4v) is 6.53. The van der Waals surface area contributed by atoms with E-state index in [9.17, 15) is 10.2 Å². The lowest BCUT2D eigenvalue weighted by molar-refractivity contribution is -0.318. The molecular formula is C15H26O2. The molecule has 2 N–H and O–H groups in total. The molecule has 0 heterocycles. The van der Waals surface area contributed by atoms with Crippen LogP contribution in [0.5, 0.6) is 0 Å².